The smallest absolute Gasteiger partial charge is 0.404 e. The molecule has 0 saturated carbocycles. The maximum atomic E-state index is 12.0. The minimum absolute atomic E-state index is 0.0288. The van der Waals surface area contributed by atoms with Crippen LogP contribution in [0.15, 0.2) is 103 Å². The fourth-order valence-corrected chi connectivity index (χ4v) is 5.30. The molecule has 4 aromatic rings. The molecule has 3 atom stereocenters. The summed E-state index contributed by atoms with van der Waals surface area (Å²) >= 11 is 0. The van der Waals surface area contributed by atoms with Gasteiger partial charge in [0, 0.05) is 23.3 Å². The van der Waals surface area contributed by atoms with Crippen LogP contribution in [-0.2, 0) is 4.57 Å². The van der Waals surface area contributed by atoms with Gasteiger partial charge in [0.2, 0.25) is 0 Å². The predicted octanol–water partition coefficient (Wildman–Crippen LogP) is 7.61. The van der Waals surface area contributed by atoms with E-state index in [-0.39, 0.29) is 23.5 Å². The van der Waals surface area contributed by atoms with Crippen LogP contribution in [0.25, 0.3) is 0 Å². The Balaban J connectivity index is 2.01. The number of hydrogen-bond donors (Lipinski definition) is 2. The van der Waals surface area contributed by atoms with Crippen LogP contribution in [0, 0.1) is 0 Å². The van der Waals surface area contributed by atoms with Crippen molar-refractivity contribution in [3.8, 4) is 5.75 Å². The Morgan fingerprint density at radius 3 is 1.40 bits per heavy atom. The van der Waals surface area contributed by atoms with Gasteiger partial charge in [0.25, 0.3) is 0 Å². The molecule has 0 fully saturated rings. The average Bonchev–Trinajstić information content (AvgIpc) is 2.88. The molecular formula is C30H31O4P. The molecule has 0 aliphatic carbocycles. The van der Waals surface area contributed by atoms with Gasteiger partial charge in [0.1, 0.15) is 5.75 Å². The normalized spacial score (nSPS) is 14.2. The third kappa shape index (κ3) is 5.74. The van der Waals surface area contributed by atoms with E-state index in [2.05, 4.69) is 45.0 Å². The molecule has 0 saturated heterocycles. The summed E-state index contributed by atoms with van der Waals surface area (Å²) in [4.78, 5) is 19.5. The van der Waals surface area contributed by atoms with Crippen LogP contribution in [0.1, 0.15) is 71.9 Å². The molecule has 4 rings (SSSR count). The highest BCUT2D eigenvalue weighted by atomic mass is 31.2. The van der Waals surface area contributed by atoms with Gasteiger partial charge in [-0.3, -0.25) is 9.79 Å². The van der Waals surface area contributed by atoms with Crippen molar-refractivity contribution in [3.63, 3.8) is 0 Å². The molecule has 0 amide bonds. The highest BCUT2D eigenvalue weighted by Gasteiger charge is 2.30. The Hall–Kier alpha value is -3.17. The molecule has 0 heterocycles. The quantitative estimate of drug-likeness (QED) is 0.252. The van der Waals surface area contributed by atoms with Crippen LogP contribution in [-0.4, -0.2) is 9.79 Å². The first kappa shape index (κ1) is 24.9. The number of rotatable bonds is 8. The molecule has 180 valence electrons. The molecule has 5 heteroatoms. The second-order valence-electron chi connectivity index (χ2n) is 8.96. The molecule has 0 aliphatic rings. The Labute approximate surface area is 207 Å². The SMILES string of the molecule is CC(c1ccccc1)c1ccc(OP(=O)(O)O)c(C(C)c2ccccc2)c1C(C)c1ccccc1. The Kier molecular flexibility index (Phi) is 7.57. The third-order valence-corrected chi connectivity index (χ3v) is 7.16. The molecule has 2 N–H and O–H groups in total. The van der Waals surface area contributed by atoms with Crippen LogP contribution in [0.2, 0.25) is 0 Å². The zero-order chi connectivity index (χ0) is 25.0. The maximum absolute atomic E-state index is 12.0. The van der Waals surface area contributed by atoms with Gasteiger partial charge in [0.15, 0.2) is 0 Å². The zero-order valence-corrected chi connectivity index (χ0v) is 21.1. The van der Waals surface area contributed by atoms with Crippen molar-refractivity contribution >= 4 is 7.82 Å². The first-order chi connectivity index (χ1) is 16.8. The van der Waals surface area contributed by atoms with E-state index in [9.17, 15) is 14.4 Å². The van der Waals surface area contributed by atoms with Crippen LogP contribution >= 0.6 is 7.82 Å². The van der Waals surface area contributed by atoms with Crippen LogP contribution in [0.5, 0.6) is 5.75 Å². The van der Waals surface area contributed by atoms with Gasteiger partial charge in [-0.25, -0.2) is 4.57 Å². The number of phosphoric ester groups is 1. The van der Waals surface area contributed by atoms with Gasteiger partial charge in [0.05, 0.1) is 0 Å². The summed E-state index contributed by atoms with van der Waals surface area (Å²) in [6.45, 7) is 6.39. The van der Waals surface area contributed by atoms with E-state index >= 15 is 0 Å². The number of phosphoric acid groups is 1. The molecule has 0 radical (unpaired) electrons. The summed E-state index contributed by atoms with van der Waals surface area (Å²) in [5.41, 5.74) is 6.31. The number of hydrogen-bond acceptors (Lipinski definition) is 2. The van der Waals surface area contributed by atoms with Gasteiger partial charge >= 0.3 is 7.82 Å². The molecule has 0 aromatic heterocycles. The topological polar surface area (TPSA) is 66.8 Å². The summed E-state index contributed by atoms with van der Waals surface area (Å²) < 4.78 is 17.3. The minimum atomic E-state index is -4.76. The van der Waals surface area contributed by atoms with E-state index in [1.54, 1.807) is 6.07 Å². The van der Waals surface area contributed by atoms with Gasteiger partial charge in [-0.2, -0.15) is 0 Å². The summed E-state index contributed by atoms with van der Waals surface area (Å²) in [6.07, 6.45) is 0. The van der Waals surface area contributed by atoms with Gasteiger partial charge in [-0.05, 0) is 33.9 Å². The zero-order valence-electron chi connectivity index (χ0n) is 20.2. The van der Waals surface area contributed by atoms with Gasteiger partial charge < -0.3 is 4.52 Å². The molecule has 35 heavy (non-hydrogen) atoms. The average molecular weight is 487 g/mol. The van der Waals surface area contributed by atoms with Crippen molar-refractivity contribution in [3.05, 3.63) is 137 Å². The van der Waals surface area contributed by atoms with Crippen molar-refractivity contribution in [1.29, 1.82) is 0 Å². The fraction of sp³-hybridized carbons (Fsp3) is 0.200. The molecule has 4 aromatic carbocycles. The summed E-state index contributed by atoms with van der Waals surface area (Å²) in [5, 5.41) is 0. The molecule has 4 nitrogen and oxygen atoms in total. The second kappa shape index (κ2) is 10.6. The van der Waals surface area contributed by atoms with Crippen molar-refractivity contribution < 1.29 is 18.9 Å². The second-order valence-corrected chi connectivity index (χ2v) is 10.1. The highest BCUT2D eigenvalue weighted by Crippen LogP contribution is 2.48. The summed E-state index contributed by atoms with van der Waals surface area (Å²) in [7, 11) is -4.76. The lowest BCUT2D eigenvalue weighted by Gasteiger charge is -2.29. The summed E-state index contributed by atoms with van der Waals surface area (Å²) in [5.74, 6) is 0.111. The van der Waals surface area contributed by atoms with Crippen LogP contribution in [0.3, 0.4) is 0 Å². The largest absolute Gasteiger partial charge is 0.524 e. The van der Waals surface area contributed by atoms with Crippen molar-refractivity contribution in [2.75, 3.05) is 0 Å². The van der Waals surface area contributed by atoms with E-state index in [4.69, 9.17) is 4.52 Å². The standard InChI is InChI=1S/C30H31O4P/c1-21(24-13-7-4-8-14-24)27-19-20-28(34-35(31,32)33)30(23(3)26-17-11-6-12-18-26)29(27)22(2)25-15-9-5-10-16-25/h4-23H,1-3H3,(H2,31,32,33). The number of benzene rings is 4. The highest BCUT2D eigenvalue weighted by molar-refractivity contribution is 7.46. The Bertz CT molecular complexity index is 1300. The first-order valence-corrected chi connectivity index (χ1v) is 13.4. The minimum Gasteiger partial charge on any atom is -0.404 e. The predicted molar refractivity (Wildman–Crippen MR) is 141 cm³/mol. The van der Waals surface area contributed by atoms with Crippen LogP contribution in [0.4, 0.5) is 0 Å². The lowest BCUT2D eigenvalue weighted by atomic mass is 9.76. The van der Waals surface area contributed by atoms with E-state index < -0.39 is 7.82 Å². The molecule has 0 spiro atoms. The van der Waals surface area contributed by atoms with Gasteiger partial charge in [-0.1, -0.05) is 118 Å². The van der Waals surface area contributed by atoms with Crippen molar-refractivity contribution in [1.82, 2.24) is 0 Å². The lowest BCUT2D eigenvalue weighted by Crippen LogP contribution is -2.13. The maximum Gasteiger partial charge on any atom is 0.524 e. The van der Waals surface area contributed by atoms with E-state index in [1.807, 2.05) is 72.8 Å². The lowest BCUT2D eigenvalue weighted by molar-refractivity contribution is 0.282. The van der Waals surface area contributed by atoms with E-state index in [0.717, 1.165) is 27.8 Å². The Morgan fingerprint density at radius 1 is 0.571 bits per heavy atom. The van der Waals surface area contributed by atoms with E-state index in [1.165, 1.54) is 5.56 Å². The molecular weight excluding hydrogens is 455 g/mol. The van der Waals surface area contributed by atoms with Crippen LogP contribution < -0.4 is 4.52 Å². The van der Waals surface area contributed by atoms with Gasteiger partial charge in [-0.15, -0.1) is 0 Å². The third-order valence-electron chi connectivity index (χ3n) is 6.73. The van der Waals surface area contributed by atoms with Crippen molar-refractivity contribution in [2.24, 2.45) is 0 Å². The Morgan fingerprint density at radius 2 is 0.971 bits per heavy atom. The first-order valence-electron chi connectivity index (χ1n) is 11.8. The molecule has 0 aliphatic heterocycles. The fourth-order valence-electron chi connectivity index (χ4n) is 4.89. The van der Waals surface area contributed by atoms with Crippen molar-refractivity contribution in [2.45, 2.75) is 38.5 Å². The molecule has 0 bridgehead atoms. The monoisotopic (exact) mass is 486 g/mol. The van der Waals surface area contributed by atoms with E-state index in [0.29, 0.717) is 0 Å². The molecule has 3 unspecified atom stereocenters. The summed E-state index contributed by atoms with van der Waals surface area (Å²) in [6, 6.07) is 34.2.